The second kappa shape index (κ2) is 5.42. The van der Waals surface area contributed by atoms with Gasteiger partial charge in [0.15, 0.2) is 0 Å². The van der Waals surface area contributed by atoms with Gasteiger partial charge in [-0.05, 0) is 25.0 Å². The summed E-state index contributed by atoms with van der Waals surface area (Å²) >= 11 is 11.3. The van der Waals surface area contributed by atoms with E-state index in [1.165, 1.54) is 18.6 Å². The molecule has 2 aliphatic carbocycles. The maximum Gasteiger partial charge on any atom is 0.271 e. The molecule has 2 aliphatic rings. The molecule has 118 valence electrons. The lowest BCUT2D eigenvalue weighted by atomic mass is 9.86. The van der Waals surface area contributed by atoms with Crippen molar-refractivity contribution in [3.8, 4) is 0 Å². The molecular formula is C14H13Cl2F2N3O. The quantitative estimate of drug-likeness (QED) is 0.518. The predicted molar refractivity (Wildman–Crippen MR) is 79.3 cm³/mol. The first-order chi connectivity index (χ1) is 10.3. The normalized spacial score (nSPS) is 40.3. The standard InChI is InChI=1S/C14H13Cl2F2N3O/c15-13(17)10-5-9(11(6-10)14(13,16)18)7-20-21-12(22)8-1-3-19-4-2-8/h1-4,7,9-11H,5-6H2,(H,21,22)/b20-7-/t9-,10-,11+,13-,14-/m0/s1. The number of carbonyl (C=O) groups is 1. The second-order valence-corrected chi connectivity index (χ2v) is 6.74. The highest BCUT2D eigenvalue weighted by molar-refractivity contribution is 6.34. The molecular weight excluding hydrogens is 335 g/mol. The van der Waals surface area contributed by atoms with E-state index in [-0.39, 0.29) is 12.3 Å². The first kappa shape index (κ1) is 15.6. The minimum Gasteiger partial charge on any atom is -0.267 e. The highest BCUT2D eigenvalue weighted by atomic mass is 35.5. The molecule has 0 saturated heterocycles. The molecule has 5 atom stereocenters. The van der Waals surface area contributed by atoms with Crippen molar-refractivity contribution in [1.82, 2.24) is 10.4 Å². The number of aromatic nitrogens is 1. The minimum atomic E-state index is -2.61. The van der Waals surface area contributed by atoms with Crippen molar-refractivity contribution in [3.63, 3.8) is 0 Å². The van der Waals surface area contributed by atoms with Gasteiger partial charge >= 0.3 is 0 Å². The van der Waals surface area contributed by atoms with Crippen LogP contribution in [-0.2, 0) is 0 Å². The van der Waals surface area contributed by atoms with E-state index in [0.717, 1.165) is 0 Å². The largest absolute Gasteiger partial charge is 0.271 e. The summed E-state index contributed by atoms with van der Waals surface area (Å²) in [7, 11) is 0. The molecule has 2 saturated carbocycles. The lowest BCUT2D eigenvalue weighted by Gasteiger charge is -2.36. The molecule has 1 heterocycles. The topological polar surface area (TPSA) is 54.4 Å². The number of nitrogens with one attached hydrogen (secondary N) is 1. The maximum atomic E-state index is 14.3. The van der Waals surface area contributed by atoms with E-state index < -0.39 is 28.0 Å². The average Bonchev–Trinajstić information content (AvgIpc) is 2.99. The lowest BCUT2D eigenvalue weighted by Crippen LogP contribution is -2.47. The third-order valence-electron chi connectivity index (χ3n) is 4.41. The summed E-state index contributed by atoms with van der Waals surface area (Å²) in [4.78, 5) is 15.6. The van der Waals surface area contributed by atoms with Gasteiger partial charge in [0.2, 0.25) is 10.3 Å². The average molecular weight is 348 g/mol. The third-order valence-corrected chi connectivity index (χ3v) is 5.65. The molecule has 0 unspecified atom stereocenters. The van der Waals surface area contributed by atoms with Gasteiger partial charge in [0.1, 0.15) is 0 Å². The van der Waals surface area contributed by atoms with E-state index in [2.05, 4.69) is 15.5 Å². The molecule has 0 spiro atoms. The molecule has 0 aromatic carbocycles. The van der Waals surface area contributed by atoms with Crippen LogP contribution in [-0.4, -0.2) is 27.4 Å². The summed E-state index contributed by atoms with van der Waals surface area (Å²) in [5.74, 6) is -2.15. The SMILES string of the molecule is O=C(N/N=C\[C@@H]1C[C@H]2C[C@H]1[C@@](F)(Cl)[C@]2(F)Cl)c1ccncc1. The first-order valence-corrected chi connectivity index (χ1v) is 7.59. The monoisotopic (exact) mass is 347 g/mol. The van der Waals surface area contributed by atoms with Crippen molar-refractivity contribution in [2.24, 2.45) is 22.9 Å². The minimum absolute atomic E-state index is 0.273. The third kappa shape index (κ3) is 2.38. The number of hydrogen-bond acceptors (Lipinski definition) is 3. The number of hydrogen-bond donors (Lipinski definition) is 1. The van der Waals surface area contributed by atoms with Crippen molar-refractivity contribution < 1.29 is 13.6 Å². The molecule has 1 N–H and O–H groups in total. The zero-order valence-electron chi connectivity index (χ0n) is 11.3. The summed E-state index contributed by atoms with van der Waals surface area (Å²) in [5.41, 5.74) is 2.75. The Balaban J connectivity index is 1.63. The van der Waals surface area contributed by atoms with Crippen molar-refractivity contribution in [1.29, 1.82) is 0 Å². The van der Waals surface area contributed by atoms with E-state index in [1.807, 2.05) is 0 Å². The highest BCUT2D eigenvalue weighted by Crippen LogP contribution is 2.65. The lowest BCUT2D eigenvalue weighted by molar-refractivity contribution is 0.0289. The maximum absolute atomic E-state index is 14.3. The highest BCUT2D eigenvalue weighted by Gasteiger charge is 2.71. The summed E-state index contributed by atoms with van der Waals surface area (Å²) in [6.45, 7) is 0. The Bertz CT molecular complexity index is 609. The Morgan fingerprint density at radius 1 is 1.32 bits per heavy atom. The number of hydrazone groups is 1. The Morgan fingerprint density at radius 3 is 2.59 bits per heavy atom. The Kier molecular flexibility index (Phi) is 3.85. The number of pyridine rings is 1. The number of halogens is 4. The summed E-state index contributed by atoms with van der Waals surface area (Å²) in [5, 5.41) is -1.32. The number of alkyl halides is 4. The van der Waals surface area contributed by atoms with Crippen LogP contribution in [0, 0.1) is 17.8 Å². The van der Waals surface area contributed by atoms with Gasteiger partial charge in [0.25, 0.3) is 5.91 Å². The van der Waals surface area contributed by atoms with Gasteiger partial charge in [0, 0.05) is 41.9 Å². The van der Waals surface area contributed by atoms with Crippen LogP contribution in [0.1, 0.15) is 23.2 Å². The van der Waals surface area contributed by atoms with Crippen LogP contribution in [0.25, 0.3) is 0 Å². The van der Waals surface area contributed by atoms with Gasteiger partial charge in [-0.15, -0.1) is 0 Å². The van der Waals surface area contributed by atoms with E-state index in [9.17, 15) is 13.6 Å². The molecule has 1 amide bonds. The van der Waals surface area contributed by atoms with Crippen molar-refractivity contribution in [2.75, 3.05) is 0 Å². The Morgan fingerprint density at radius 2 is 2.00 bits per heavy atom. The fraction of sp³-hybridized carbons (Fsp3) is 0.500. The van der Waals surface area contributed by atoms with Crippen LogP contribution >= 0.6 is 23.2 Å². The number of rotatable bonds is 3. The second-order valence-electron chi connectivity index (χ2n) is 5.64. The fourth-order valence-electron chi connectivity index (χ4n) is 3.23. The summed E-state index contributed by atoms with van der Waals surface area (Å²) in [6, 6.07) is 3.08. The Hall–Kier alpha value is -1.27. The summed E-state index contributed by atoms with van der Waals surface area (Å²) in [6.07, 6.45) is 5.01. The molecule has 1 aromatic heterocycles. The molecule has 4 nitrogen and oxygen atoms in total. The van der Waals surface area contributed by atoms with Gasteiger partial charge in [-0.1, -0.05) is 23.2 Å². The fourth-order valence-corrected chi connectivity index (χ4v) is 3.95. The Labute approximate surface area is 135 Å². The summed E-state index contributed by atoms with van der Waals surface area (Å²) < 4.78 is 28.4. The van der Waals surface area contributed by atoms with E-state index >= 15 is 0 Å². The molecule has 2 fully saturated rings. The molecule has 0 aliphatic heterocycles. The molecule has 22 heavy (non-hydrogen) atoms. The van der Waals surface area contributed by atoms with E-state index in [4.69, 9.17) is 23.2 Å². The molecule has 2 bridgehead atoms. The van der Waals surface area contributed by atoms with Gasteiger partial charge in [0.05, 0.1) is 0 Å². The van der Waals surface area contributed by atoms with Crippen LogP contribution in [0.2, 0.25) is 0 Å². The number of nitrogens with zero attached hydrogens (tertiary/aromatic N) is 2. The van der Waals surface area contributed by atoms with Crippen molar-refractivity contribution >= 4 is 35.3 Å². The smallest absolute Gasteiger partial charge is 0.267 e. The number of carbonyl (C=O) groups excluding carboxylic acids is 1. The van der Waals surface area contributed by atoms with Crippen molar-refractivity contribution in [2.45, 2.75) is 23.1 Å². The van der Waals surface area contributed by atoms with Gasteiger partial charge < -0.3 is 0 Å². The molecule has 3 rings (SSSR count). The van der Waals surface area contributed by atoms with Gasteiger partial charge in [-0.25, -0.2) is 14.2 Å². The van der Waals surface area contributed by atoms with Gasteiger partial charge in [-0.3, -0.25) is 9.78 Å². The molecule has 0 radical (unpaired) electrons. The zero-order chi connectivity index (χ0) is 16.0. The van der Waals surface area contributed by atoms with Crippen LogP contribution in [0.5, 0.6) is 0 Å². The van der Waals surface area contributed by atoms with Crippen LogP contribution in [0.15, 0.2) is 29.6 Å². The predicted octanol–water partition coefficient (Wildman–Crippen LogP) is 3.26. The van der Waals surface area contributed by atoms with Crippen LogP contribution < -0.4 is 5.43 Å². The molecule has 8 heteroatoms. The number of amides is 1. The van der Waals surface area contributed by atoms with E-state index in [0.29, 0.717) is 12.0 Å². The van der Waals surface area contributed by atoms with Gasteiger partial charge in [-0.2, -0.15) is 5.10 Å². The molecule has 1 aromatic rings. The van der Waals surface area contributed by atoms with Crippen LogP contribution in [0.3, 0.4) is 0 Å². The van der Waals surface area contributed by atoms with Crippen molar-refractivity contribution in [3.05, 3.63) is 30.1 Å². The van der Waals surface area contributed by atoms with E-state index in [1.54, 1.807) is 12.1 Å². The number of fused-ring (bicyclic) bond motifs is 2. The van der Waals surface area contributed by atoms with Crippen LogP contribution in [0.4, 0.5) is 8.78 Å². The zero-order valence-corrected chi connectivity index (χ0v) is 12.9. The first-order valence-electron chi connectivity index (χ1n) is 6.83.